The molecule has 0 aliphatic carbocycles. The molecule has 2 aliphatic rings. The van der Waals surface area contributed by atoms with Crippen molar-refractivity contribution in [1.82, 2.24) is 4.90 Å². The van der Waals surface area contributed by atoms with E-state index in [0.717, 1.165) is 6.42 Å². The average Bonchev–Trinajstić information content (AvgIpc) is 3.12. The number of nitrogens with zero attached hydrogens (tertiary/aromatic N) is 2. The van der Waals surface area contributed by atoms with Crippen molar-refractivity contribution in [3.63, 3.8) is 0 Å². The summed E-state index contributed by atoms with van der Waals surface area (Å²) in [5.41, 5.74) is 1.48. The summed E-state index contributed by atoms with van der Waals surface area (Å²) in [6.45, 7) is 0.395. The Hall–Kier alpha value is -2.86. The second-order valence-electron chi connectivity index (χ2n) is 6.66. The molecule has 4 rings (SSSR count). The van der Waals surface area contributed by atoms with Gasteiger partial charge in [0.05, 0.1) is 11.3 Å². The van der Waals surface area contributed by atoms with Crippen LogP contribution in [0.4, 0.5) is 11.4 Å². The molecule has 6 nitrogen and oxygen atoms in total. The maximum Gasteiger partial charge on any atom is 0.256 e. The number of anilines is 2. The Labute approximate surface area is 161 Å². The Bertz CT molecular complexity index is 930. The van der Waals surface area contributed by atoms with Gasteiger partial charge in [-0.1, -0.05) is 29.8 Å². The predicted molar refractivity (Wildman–Crippen MR) is 103 cm³/mol. The number of carbonyl (C=O) groups excluding carboxylic acids is 3. The second kappa shape index (κ2) is 7.04. The summed E-state index contributed by atoms with van der Waals surface area (Å²) in [5.74, 6) is -0.717. The first kappa shape index (κ1) is 17.5. The molecule has 2 aromatic rings. The lowest BCUT2D eigenvalue weighted by atomic mass is 10.1. The Morgan fingerprint density at radius 3 is 2.78 bits per heavy atom. The van der Waals surface area contributed by atoms with Gasteiger partial charge in [-0.2, -0.15) is 0 Å². The number of para-hydroxylation sites is 1. The van der Waals surface area contributed by atoms with Gasteiger partial charge >= 0.3 is 0 Å². The quantitative estimate of drug-likeness (QED) is 0.885. The van der Waals surface area contributed by atoms with Crippen LogP contribution in [0.1, 0.15) is 23.2 Å². The average molecular weight is 384 g/mol. The van der Waals surface area contributed by atoms with Gasteiger partial charge < -0.3 is 15.1 Å². The van der Waals surface area contributed by atoms with Gasteiger partial charge in [0.2, 0.25) is 11.8 Å². The van der Waals surface area contributed by atoms with Gasteiger partial charge in [0.15, 0.2) is 0 Å². The third kappa shape index (κ3) is 3.28. The van der Waals surface area contributed by atoms with E-state index >= 15 is 0 Å². The standard InChI is InChI=1S/C20H18ClN3O3/c21-13-5-3-6-14(11-13)22-18(25)12-24-16-8-2-1-7-15(16)19(26)23-10-4-9-17(23)20(24)27/h1-3,5-8,11,17H,4,9-10,12H2,(H,22,25)/t17-/m1/s1. The topological polar surface area (TPSA) is 69.7 Å². The van der Waals surface area contributed by atoms with Crippen molar-refractivity contribution >= 4 is 40.7 Å². The third-order valence-corrected chi connectivity index (χ3v) is 5.14. The molecule has 3 amide bonds. The molecule has 1 fully saturated rings. The summed E-state index contributed by atoms with van der Waals surface area (Å²) in [7, 11) is 0. The van der Waals surface area contributed by atoms with Crippen LogP contribution in [0.3, 0.4) is 0 Å². The highest BCUT2D eigenvalue weighted by Crippen LogP contribution is 2.32. The van der Waals surface area contributed by atoms with Crippen molar-refractivity contribution in [2.45, 2.75) is 18.9 Å². The van der Waals surface area contributed by atoms with Crippen LogP contribution < -0.4 is 10.2 Å². The summed E-state index contributed by atoms with van der Waals surface area (Å²) < 4.78 is 0. The van der Waals surface area contributed by atoms with Crippen molar-refractivity contribution in [2.24, 2.45) is 0 Å². The molecule has 7 heteroatoms. The molecule has 27 heavy (non-hydrogen) atoms. The van der Waals surface area contributed by atoms with E-state index in [1.165, 1.54) is 4.90 Å². The zero-order valence-corrected chi connectivity index (χ0v) is 15.3. The lowest BCUT2D eigenvalue weighted by molar-refractivity contribution is -0.124. The van der Waals surface area contributed by atoms with Crippen LogP contribution >= 0.6 is 11.6 Å². The highest BCUT2D eigenvalue weighted by molar-refractivity contribution is 6.30. The molecule has 0 bridgehead atoms. The fourth-order valence-electron chi connectivity index (χ4n) is 3.68. The van der Waals surface area contributed by atoms with Crippen LogP contribution in [0.25, 0.3) is 0 Å². The summed E-state index contributed by atoms with van der Waals surface area (Å²) in [4.78, 5) is 41.6. The van der Waals surface area contributed by atoms with Crippen molar-refractivity contribution < 1.29 is 14.4 Å². The number of nitrogens with one attached hydrogen (secondary N) is 1. The van der Waals surface area contributed by atoms with E-state index < -0.39 is 6.04 Å². The SMILES string of the molecule is O=C(CN1C(=O)[C@H]2CCCN2C(=O)c2ccccc21)Nc1cccc(Cl)c1. The van der Waals surface area contributed by atoms with Crippen LogP contribution in [-0.2, 0) is 9.59 Å². The molecule has 0 unspecified atom stereocenters. The molecule has 0 saturated carbocycles. The number of hydrogen-bond donors (Lipinski definition) is 1. The molecular formula is C20H18ClN3O3. The van der Waals surface area contributed by atoms with E-state index in [0.29, 0.717) is 34.9 Å². The minimum absolute atomic E-state index is 0.154. The van der Waals surface area contributed by atoms with E-state index in [-0.39, 0.29) is 24.3 Å². The highest BCUT2D eigenvalue weighted by Gasteiger charge is 2.42. The minimum atomic E-state index is -0.510. The smallest absolute Gasteiger partial charge is 0.256 e. The third-order valence-electron chi connectivity index (χ3n) is 4.90. The van der Waals surface area contributed by atoms with Crippen molar-refractivity contribution in [1.29, 1.82) is 0 Å². The van der Waals surface area contributed by atoms with Gasteiger partial charge in [-0.25, -0.2) is 0 Å². The fraction of sp³-hybridized carbons (Fsp3) is 0.250. The zero-order chi connectivity index (χ0) is 19.0. The molecule has 0 radical (unpaired) electrons. The van der Waals surface area contributed by atoms with Crippen molar-refractivity contribution in [2.75, 3.05) is 23.3 Å². The number of benzene rings is 2. The van der Waals surface area contributed by atoms with Crippen LogP contribution in [-0.4, -0.2) is 41.8 Å². The van der Waals surface area contributed by atoms with Gasteiger partial charge in [0.1, 0.15) is 12.6 Å². The molecule has 1 atom stereocenters. The number of fused-ring (bicyclic) bond motifs is 2. The van der Waals surface area contributed by atoms with Crippen LogP contribution in [0.2, 0.25) is 5.02 Å². The normalized spacial score (nSPS) is 18.8. The molecular weight excluding hydrogens is 366 g/mol. The Balaban J connectivity index is 1.64. The second-order valence-corrected chi connectivity index (χ2v) is 7.09. The minimum Gasteiger partial charge on any atom is -0.327 e. The molecule has 2 aliphatic heterocycles. The van der Waals surface area contributed by atoms with Gasteiger partial charge in [-0.3, -0.25) is 14.4 Å². The van der Waals surface area contributed by atoms with E-state index in [1.807, 2.05) is 0 Å². The maximum absolute atomic E-state index is 13.1. The number of halogens is 1. The van der Waals surface area contributed by atoms with Gasteiger partial charge in [-0.15, -0.1) is 0 Å². The monoisotopic (exact) mass is 383 g/mol. The van der Waals surface area contributed by atoms with Gasteiger partial charge in [0.25, 0.3) is 5.91 Å². The number of hydrogen-bond acceptors (Lipinski definition) is 3. The Kier molecular flexibility index (Phi) is 4.58. The maximum atomic E-state index is 13.1. The molecule has 1 saturated heterocycles. The predicted octanol–water partition coefficient (Wildman–Crippen LogP) is 2.93. The zero-order valence-electron chi connectivity index (χ0n) is 14.5. The summed E-state index contributed by atoms with van der Waals surface area (Å²) in [5, 5.41) is 3.27. The number of carbonyl (C=O) groups is 3. The Morgan fingerprint density at radius 2 is 1.96 bits per heavy atom. The van der Waals surface area contributed by atoms with Crippen LogP contribution in [0, 0.1) is 0 Å². The van der Waals surface area contributed by atoms with E-state index in [2.05, 4.69) is 5.32 Å². The Morgan fingerprint density at radius 1 is 1.15 bits per heavy atom. The van der Waals surface area contributed by atoms with Crippen LogP contribution in [0.5, 0.6) is 0 Å². The first-order valence-electron chi connectivity index (χ1n) is 8.81. The molecule has 0 spiro atoms. The van der Waals surface area contributed by atoms with Gasteiger partial charge in [-0.05, 0) is 43.2 Å². The van der Waals surface area contributed by atoms with E-state index in [4.69, 9.17) is 11.6 Å². The molecule has 1 N–H and O–H groups in total. The summed E-state index contributed by atoms with van der Waals surface area (Å²) in [6, 6.07) is 13.2. The molecule has 0 aromatic heterocycles. The fourth-order valence-corrected chi connectivity index (χ4v) is 3.87. The van der Waals surface area contributed by atoms with E-state index in [9.17, 15) is 14.4 Å². The van der Waals surface area contributed by atoms with E-state index in [1.54, 1.807) is 53.4 Å². The lowest BCUT2D eigenvalue weighted by Gasteiger charge is -2.25. The summed E-state index contributed by atoms with van der Waals surface area (Å²) >= 11 is 5.95. The first-order valence-corrected chi connectivity index (χ1v) is 9.19. The van der Waals surface area contributed by atoms with Gasteiger partial charge in [0, 0.05) is 17.3 Å². The first-order chi connectivity index (χ1) is 13.0. The number of amides is 3. The molecule has 138 valence electrons. The summed E-state index contributed by atoms with van der Waals surface area (Å²) in [6.07, 6.45) is 1.40. The molecule has 2 heterocycles. The number of rotatable bonds is 3. The van der Waals surface area contributed by atoms with Crippen molar-refractivity contribution in [3.05, 3.63) is 59.1 Å². The van der Waals surface area contributed by atoms with Crippen molar-refractivity contribution in [3.8, 4) is 0 Å². The highest BCUT2D eigenvalue weighted by atomic mass is 35.5. The van der Waals surface area contributed by atoms with Crippen LogP contribution in [0.15, 0.2) is 48.5 Å². The lowest BCUT2D eigenvalue weighted by Crippen LogP contribution is -2.47. The largest absolute Gasteiger partial charge is 0.327 e. The molecule has 2 aromatic carbocycles.